The first kappa shape index (κ1) is 12.4. The Morgan fingerprint density at radius 3 is 2.95 bits per heavy atom. The minimum absolute atomic E-state index is 0.141. The molecule has 1 aliphatic rings. The average Bonchev–Trinajstić information content (AvgIpc) is 2.82. The minimum atomic E-state index is -0.257. The maximum absolute atomic E-state index is 13.6. The van der Waals surface area contributed by atoms with Crippen molar-refractivity contribution in [3.63, 3.8) is 0 Å². The Hall–Kier alpha value is -2.36. The Kier molecular flexibility index (Phi) is 2.70. The molecule has 3 aromatic rings. The van der Waals surface area contributed by atoms with E-state index in [-0.39, 0.29) is 11.9 Å². The highest BCUT2D eigenvalue weighted by atomic mass is 19.1. The first-order valence-electron chi connectivity index (χ1n) is 7.25. The molecule has 21 heavy (non-hydrogen) atoms. The van der Waals surface area contributed by atoms with E-state index in [0.29, 0.717) is 5.95 Å². The van der Waals surface area contributed by atoms with E-state index in [4.69, 9.17) is 5.73 Å². The monoisotopic (exact) mass is 281 g/mol. The third kappa shape index (κ3) is 1.90. The molecule has 4 heteroatoms. The number of nitrogens with two attached hydrogens (primary N) is 1. The summed E-state index contributed by atoms with van der Waals surface area (Å²) in [6, 6.07) is 13.2. The zero-order valence-corrected chi connectivity index (χ0v) is 11.6. The molecule has 0 saturated heterocycles. The molecule has 2 N–H and O–H groups in total. The summed E-state index contributed by atoms with van der Waals surface area (Å²) in [5.41, 5.74) is 10.3. The zero-order valence-electron chi connectivity index (χ0n) is 11.6. The van der Waals surface area contributed by atoms with Crippen molar-refractivity contribution < 1.29 is 4.39 Å². The summed E-state index contributed by atoms with van der Waals surface area (Å²) in [7, 11) is 0. The number of aryl methyl sites for hydroxylation is 1. The van der Waals surface area contributed by atoms with Gasteiger partial charge in [0.15, 0.2) is 0 Å². The maximum atomic E-state index is 13.6. The van der Waals surface area contributed by atoms with Gasteiger partial charge in [-0.2, -0.15) is 0 Å². The number of fused-ring (bicyclic) bond motifs is 2. The van der Waals surface area contributed by atoms with Crippen LogP contribution in [-0.4, -0.2) is 9.55 Å². The van der Waals surface area contributed by atoms with Gasteiger partial charge in [0.05, 0.1) is 17.1 Å². The van der Waals surface area contributed by atoms with Crippen LogP contribution in [0, 0.1) is 5.82 Å². The summed E-state index contributed by atoms with van der Waals surface area (Å²) in [6.07, 6.45) is 3.20. The number of imidazole rings is 1. The van der Waals surface area contributed by atoms with Crippen LogP contribution < -0.4 is 5.73 Å². The topological polar surface area (TPSA) is 43.8 Å². The van der Waals surface area contributed by atoms with Gasteiger partial charge in [0.25, 0.3) is 0 Å². The van der Waals surface area contributed by atoms with Crippen molar-refractivity contribution in [2.75, 3.05) is 5.73 Å². The number of nitrogen functional groups attached to an aromatic ring is 1. The van der Waals surface area contributed by atoms with E-state index in [0.717, 1.165) is 30.3 Å². The molecule has 1 aromatic heterocycles. The van der Waals surface area contributed by atoms with Crippen LogP contribution in [0.4, 0.5) is 10.3 Å². The molecule has 0 saturated carbocycles. The van der Waals surface area contributed by atoms with Crippen LogP contribution in [0.25, 0.3) is 11.0 Å². The van der Waals surface area contributed by atoms with E-state index in [1.807, 2.05) is 10.6 Å². The van der Waals surface area contributed by atoms with Crippen LogP contribution in [0.5, 0.6) is 0 Å². The minimum Gasteiger partial charge on any atom is -0.369 e. The van der Waals surface area contributed by atoms with Crippen molar-refractivity contribution in [2.45, 2.75) is 25.3 Å². The molecule has 1 aliphatic carbocycles. The Morgan fingerprint density at radius 2 is 2.05 bits per heavy atom. The molecule has 0 bridgehead atoms. The smallest absolute Gasteiger partial charge is 0.201 e. The van der Waals surface area contributed by atoms with Crippen molar-refractivity contribution >= 4 is 17.0 Å². The molecule has 0 radical (unpaired) electrons. The highest BCUT2D eigenvalue weighted by Crippen LogP contribution is 2.36. The second kappa shape index (κ2) is 4.58. The molecule has 106 valence electrons. The summed E-state index contributed by atoms with van der Waals surface area (Å²) in [5, 5.41) is 0. The van der Waals surface area contributed by atoms with Gasteiger partial charge in [-0.05, 0) is 48.6 Å². The summed E-state index contributed by atoms with van der Waals surface area (Å²) in [6.45, 7) is 0. The molecular weight excluding hydrogens is 265 g/mol. The lowest BCUT2D eigenvalue weighted by atomic mass is 9.87. The maximum Gasteiger partial charge on any atom is 0.201 e. The highest BCUT2D eigenvalue weighted by molar-refractivity contribution is 5.78. The molecule has 0 fully saturated rings. The fourth-order valence-corrected chi connectivity index (χ4v) is 3.41. The molecular formula is C17H16FN3. The summed E-state index contributed by atoms with van der Waals surface area (Å²) < 4.78 is 15.6. The Labute approximate surface area is 122 Å². The number of benzene rings is 2. The lowest BCUT2D eigenvalue weighted by Gasteiger charge is -2.27. The van der Waals surface area contributed by atoms with E-state index in [9.17, 15) is 4.39 Å². The summed E-state index contributed by atoms with van der Waals surface area (Å²) in [5.74, 6) is 0.199. The van der Waals surface area contributed by atoms with Gasteiger partial charge in [-0.3, -0.25) is 0 Å². The number of rotatable bonds is 1. The molecule has 3 nitrogen and oxygen atoms in total. The van der Waals surface area contributed by atoms with Gasteiger partial charge in [-0.1, -0.05) is 24.3 Å². The van der Waals surface area contributed by atoms with Crippen LogP contribution in [0.1, 0.15) is 30.0 Å². The standard InChI is InChI=1S/C17H16FN3/c18-12-8-9-14-16(10-12)21(17(19)20-14)15-7-3-5-11-4-1-2-6-13(11)15/h1-2,4,6,8-10,15H,3,5,7H2,(H2,19,20). The van der Waals surface area contributed by atoms with Gasteiger partial charge in [-0.25, -0.2) is 9.37 Å². The van der Waals surface area contributed by atoms with Crippen molar-refractivity contribution in [3.8, 4) is 0 Å². The normalized spacial score (nSPS) is 17.9. The first-order valence-corrected chi connectivity index (χ1v) is 7.25. The quantitative estimate of drug-likeness (QED) is 0.739. The number of halogens is 1. The average molecular weight is 281 g/mol. The van der Waals surface area contributed by atoms with E-state index < -0.39 is 0 Å². The Bertz CT molecular complexity index is 822. The van der Waals surface area contributed by atoms with Crippen LogP contribution >= 0.6 is 0 Å². The van der Waals surface area contributed by atoms with Crippen molar-refractivity contribution in [2.24, 2.45) is 0 Å². The third-order valence-electron chi connectivity index (χ3n) is 4.33. The molecule has 2 aromatic carbocycles. The summed E-state index contributed by atoms with van der Waals surface area (Å²) in [4.78, 5) is 4.38. The summed E-state index contributed by atoms with van der Waals surface area (Å²) >= 11 is 0. The second-order valence-corrected chi connectivity index (χ2v) is 5.58. The van der Waals surface area contributed by atoms with Crippen LogP contribution in [0.2, 0.25) is 0 Å². The van der Waals surface area contributed by atoms with Gasteiger partial charge < -0.3 is 10.3 Å². The molecule has 1 heterocycles. The lowest BCUT2D eigenvalue weighted by Crippen LogP contribution is -2.18. The largest absolute Gasteiger partial charge is 0.369 e. The number of hydrogen-bond acceptors (Lipinski definition) is 2. The van der Waals surface area contributed by atoms with Crippen molar-refractivity contribution in [1.82, 2.24) is 9.55 Å². The van der Waals surface area contributed by atoms with Gasteiger partial charge in [0.1, 0.15) is 5.82 Å². The van der Waals surface area contributed by atoms with E-state index in [1.165, 1.54) is 23.3 Å². The highest BCUT2D eigenvalue weighted by Gasteiger charge is 2.24. The van der Waals surface area contributed by atoms with Gasteiger partial charge in [-0.15, -0.1) is 0 Å². The van der Waals surface area contributed by atoms with Gasteiger partial charge in [0, 0.05) is 0 Å². The molecule has 0 amide bonds. The Balaban J connectivity index is 1.95. The molecule has 0 spiro atoms. The fraction of sp³-hybridized carbons (Fsp3) is 0.235. The predicted molar refractivity (Wildman–Crippen MR) is 81.6 cm³/mol. The zero-order chi connectivity index (χ0) is 14.4. The fourth-order valence-electron chi connectivity index (χ4n) is 3.41. The van der Waals surface area contributed by atoms with Crippen molar-refractivity contribution in [3.05, 3.63) is 59.4 Å². The van der Waals surface area contributed by atoms with E-state index in [1.54, 1.807) is 6.07 Å². The van der Waals surface area contributed by atoms with Crippen LogP contribution in [-0.2, 0) is 6.42 Å². The molecule has 4 rings (SSSR count). The number of anilines is 1. The SMILES string of the molecule is Nc1nc2ccc(F)cc2n1C1CCCc2ccccc21. The lowest BCUT2D eigenvalue weighted by molar-refractivity contribution is 0.504. The predicted octanol–water partition coefficient (Wildman–Crippen LogP) is 3.68. The van der Waals surface area contributed by atoms with Crippen LogP contribution in [0.15, 0.2) is 42.5 Å². The van der Waals surface area contributed by atoms with Gasteiger partial charge in [0.2, 0.25) is 5.95 Å². The van der Waals surface area contributed by atoms with Crippen molar-refractivity contribution in [1.29, 1.82) is 0 Å². The van der Waals surface area contributed by atoms with Gasteiger partial charge >= 0.3 is 0 Å². The molecule has 1 atom stereocenters. The number of hydrogen-bond donors (Lipinski definition) is 1. The number of aromatic nitrogens is 2. The number of nitrogens with zero attached hydrogens (tertiary/aromatic N) is 2. The first-order chi connectivity index (χ1) is 10.2. The molecule has 1 unspecified atom stereocenters. The second-order valence-electron chi connectivity index (χ2n) is 5.58. The third-order valence-corrected chi connectivity index (χ3v) is 4.33. The Morgan fingerprint density at radius 1 is 1.19 bits per heavy atom. The van der Waals surface area contributed by atoms with Crippen LogP contribution in [0.3, 0.4) is 0 Å². The van der Waals surface area contributed by atoms with E-state index in [2.05, 4.69) is 23.2 Å². The van der Waals surface area contributed by atoms with E-state index >= 15 is 0 Å². The molecule has 0 aliphatic heterocycles.